The molecule has 0 amide bonds. The second kappa shape index (κ2) is 8.52. The Hall–Kier alpha value is -1.11. The van der Waals surface area contributed by atoms with Gasteiger partial charge in [-0.05, 0) is 63.1 Å². The highest BCUT2D eigenvalue weighted by molar-refractivity contribution is 8.03. The van der Waals surface area contributed by atoms with Crippen LogP contribution < -0.4 is 0 Å². The molecule has 25 heavy (non-hydrogen) atoms. The van der Waals surface area contributed by atoms with E-state index in [4.69, 9.17) is 4.74 Å². The number of nitrogens with zero attached hydrogens (tertiary/aromatic N) is 3. The lowest BCUT2D eigenvalue weighted by molar-refractivity contribution is 0.103. The maximum Gasteiger partial charge on any atom is 0.222 e. The van der Waals surface area contributed by atoms with Crippen molar-refractivity contribution in [2.45, 2.75) is 50.7 Å². The summed E-state index contributed by atoms with van der Waals surface area (Å²) in [6.07, 6.45) is 8.11. The number of thioether (sulfide) groups is 1. The third kappa shape index (κ3) is 4.36. The van der Waals surface area contributed by atoms with Gasteiger partial charge in [-0.25, -0.2) is 4.99 Å². The minimum atomic E-state index is 0.145. The molecule has 0 bridgehead atoms. The molecule has 138 valence electrons. The summed E-state index contributed by atoms with van der Waals surface area (Å²) in [6, 6.07) is 0.645. The molecule has 1 aliphatic heterocycles. The molecule has 1 N–H and O–H groups in total. The van der Waals surface area contributed by atoms with Gasteiger partial charge in [-0.15, -0.1) is 11.8 Å². The summed E-state index contributed by atoms with van der Waals surface area (Å²) in [7, 11) is 4.29. The van der Waals surface area contributed by atoms with Gasteiger partial charge in [0.15, 0.2) is 0 Å². The predicted molar refractivity (Wildman–Crippen MR) is 105 cm³/mol. The highest BCUT2D eigenvalue weighted by Crippen LogP contribution is 2.42. The third-order valence-corrected chi connectivity index (χ3v) is 6.51. The van der Waals surface area contributed by atoms with Gasteiger partial charge in [-0.3, -0.25) is 4.99 Å². The Kier molecular flexibility index (Phi) is 6.36. The van der Waals surface area contributed by atoms with Crippen molar-refractivity contribution in [2.24, 2.45) is 15.9 Å². The second-order valence-electron chi connectivity index (χ2n) is 7.25. The fourth-order valence-electron chi connectivity index (χ4n) is 3.93. The number of hydrogen-bond acceptors (Lipinski definition) is 6. The van der Waals surface area contributed by atoms with Crippen LogP contribution in [0.3, 0.4) is 0 Å². The first-order valence-corrected chi connectivity index (χ1v) is 10.1. The highest BCUT2D eigenvalue weighted by atomic mass is 32.2. The van der Waals surface area contributed by atoms with E-state index in [1.165, 1.54) is 4.91 Å². The molecule has 5 nitrogen and oxygen atoms in total. The van der Waals surface area contributed by atoms with E-state index in [1.807, 2.05) is 0 Å². The molecule has 1 atom stereocenters. The molecule has 0 spiro atoms. The van der Waals surface area contributed by atoms with Crippen LogP contribution >= 0.6 is 11.8 Å². The monoisotopic (exact) mass is 363 g/mol. The summed E-state index contributed by atoms with van der Waals surface area (Å²) in [6.45, 7) is 4.43. The van der Waals surface area contributed by atoms with Crippen LogP contribution in [0.25, 0.3) is 0 Å². The van der Waals surface area contributed by atoms with E-state index in [0.29, 0.717) is 17.8 Å². The van der Waals surface area contributed by atoms with Gasteiger partial charge < -0.3 is 14.7 Å². The number of allylic oxidation sites excluding steroid dienone is 1. The smallest absolute Gasteiger partial charge is 0.222 e. The molecule has 6 heteroatoms. The van der Waals surface area contributed by atoms with Gasteiger partial charge in [0.1, 0.15) is 12.4 Å². The molecule has 1 fully saturated rings. The van der Waals surface area contributed by atoms with Gasteiger partial charge in [0.25, 0.3) is 0 Å². The van der Waals surface area contributed by atoms with Crippen LogP contribution in [0.4, 0.5) is 0 Å². The number of hydrogen-bond donors (Lipinski definition) is 1. The Morgan fingerprint density at radius 1 is 1.28 bits per heavy atom. The first-order valence-electron chi connectivity index (χ1n) is 9.15. The normalized spacial score (nSPS) is 30.6. The molecular formula is C19H29N3O2S. The lowest BCUT2D eigenvalue weighted by Gasteiger charge is -2.33. The summed E-state index contributed by atoms with van der Waals surface area (Å²) in [5, 5.41) is 9.74. The fourth-order valence-corrected chi connectivity index (χ4v) is 4.94. The summed E-state index contributed by atoms with van der Waals surface area (Å²) < 4.78 is 6.28. The zero-order chi connectivity index (χ0) is 17.8. The van der Waals surface area contributed by atoms with Crippen LogP contribution in [-0.4, -0.2) is 61.0 Å². The molecule has 0 radical (unpaired) electrons. The van der Waals surface area contributed by atoms with Crippen molar-refractivity contribution < 1.29 is 9.84 Å². The molecule has 0 aromatic rings. The predicted octanol–water partition coefficient (Wildman–Crippen LogP) is 3.22. The van der Waals surface area contributed by atoms with Crippen molar-refractivity contribution >= 4 is 24.0 Å². The van der Waals surface area contributed by atoms with E-state index in [1.54, 1.807) is 18.1 Å². The largest absolute Gasteiger partial charge is 0.474 e. The van der Waals surface area contributed by atoms with Crippen molar-refractivity contribution in [1.29, 1.82) is 0 Å². The zero-order valence-electron chi connectivity index (χ0n) is 15.3. The van der Waals surface area contributed by atoms with Crippen LogP contribution in [0.15, 0.2) is 32.6 Å². The van der Waals surface area contributed by atoms with E-state index in [-0.39, 0.29) is 18.6 Å². The topological polar surface area (TPSA) is 57.4 Å². The van der Waals surface area contributed by atoms with Gasteiger partial charge in [0.05, 0.1) is 5.88 Å². The van der Waals surface area contributed by atoms with Crippen LogP contribution in [-0.2, 0) is 4.74 Å². The SMILES string of the molecule is C=C1C(OC2CCC(N(C)C)CC2)=NC=NCSC2=C1C(CO)CC2. The number of aliphatic imine (C=N–C) groups is 2. The first-order chi connectivity index (χ1) is 12.1. The quantitative estimate of drug-likeness (QED) is 0.836. The standard InChI is InChI=1S/C19H29N3O2S/c1-13-18-14(10-23)4-9-17(18)25-12-20-11-21-19(13)24-16-7-5-15(6-8-16)22(2)3/h11,14-16,23H,1,4-10,12H2,2-3H3. The Morgan fingerprint density at radius 2 is 2.04 bits per heavy atom. The van der Waals surface area contributed by atoms with Crippen molar-refractivity contribution in [1.82, 2.24) is 4.90 Å². The van der Waals surface area contributed by atoms with E-state index >= 15 is 0 Å². The first kappa shape index (κ1) is 18.7. The minimum Gasteiger partial charge on any atom is -0.474 e. The molecule has 0 aromatic heterocycles. The highest BCUT2D eigenvalue weighted by Gasteiger charge is 2.31. The van der Waals surface area contributed by atoms with Gasteiger partial charge in [-0.1, -0.05) is 6.58 Å². The summed E-state index contributed by atoms with van der Waals surface area (Å²) >= 11 is 1.73. The molecule has 0 aromatic carbocycles. The molecule has 1 saturated carbocycles. The molecule has 1 unspecified atom stereocenters. The molecule has 2 aliphatic carbocycles. The zero-order valence-corrected chi connectivity index (χ0v) is 16.1. The molecule has 3 aliphatic rings. The van der Waals surface area contributed by atoms with E-state index in [0.717, 1.165) is 49.7 Å². The Morgan fingerprint density at radius 3 is 2.72 bits per heavy atom. The van der Waals surface area contributed by atoms with Crippen LogP contribution in [0.5, 0.6) is 0 Å². The van der Waals surface area contributed by atoms with Crippen molar-refractivity contribution in [3.05, 3.63) is 22.6 Å². The van der Waals surface area contributed by atoms with Gasteiger partial charge in [-0.2, -0.15) is 0 Å². The Bertz CT molecular complexity index is 589. The third-order valence-electron chi connectivity index (χ3n) is 5.45. The van der Waals surface area contributed by atoms with Crippen LogP contribution in [0, 0.1) is 5.92 Å². The van der Waals surface area contributed by atoms with E-state index in [9.17, 15) is 5.11 Å². The molecular weight excluding hydrogens is 334 g/mol. The maximum atomic E-state index is 9.74. The van der Waals surface area contributed by atoms with Crippen LogP contribution in [0.2, 0.25) is 0 Å². The van der Waals surface area contributed by atoms with Crippen LogP contribution in [0.1, 0.15) is 38.5 Å². The summed E-state index contributed by atoms with van der Waals surface area (Å²) in [4.78, 5) is 12.4. The second-order valence-corrected chi connectivity index (χ2v) is 8.29. The van der Waals surface area contributed by atoms with Crippen molar-refractivity contribution in [3.63, 3.8) is 0 Å². The maximum absolute atomic E-state index is 9.74. The number of rotatable bonds is 3. The van der Waals surface area contributed by atoms with E-state index < -0.39 is 0 Å². The number of aliphatic hydroxyl groups is 1. The van der Waals surface area contributed by atoms with E-state index in [2.05, 4.69) is 35.6 Å². The average Bonchev–Trinajstić information content (AvgIpc) is 3.04. The fraction of sp³-hybridized carbons (Fsp3) is 0.684. The lowest BCUT2D eigenvalue weighted by atomic mass is 9.92. The van der Waals surface area contributed by atoms with Gasteiger partial charge in [0, 0.05) is 24.1 Å². The summed E-state index contributed by atoms with van der Waals surface area (Å²) in [5.74, 6) is 1.40. The Balaban J connectivity index is 1.73. The Labute approximate surface area is 154 Å². The lowest BCUT2D eigenvalue weighted by Crippen LogP contribution is -2.35. The summed E-state index contributed by atoms with van der Waals surface area (Å²) in [5.41, 5.74) is 1.97. The molecule has 3 rings (SSSR count). The molecule has 0 saturated heterocycles. The minimum absolute atomic E-state index is 0.145. The number of ether oxygens (including phenoxy) is 1. The molecule has 1 heterocycles. The average molecular weight is 364 g/mol. The number of aliphatic hydroxyl groups excluding tert-OH is 1. The van der Waals surface area contributed by atoms with Crippen molar-refractivity contribution in [3.8, 4) is 0 Å². The van der Waals surface area contributed by atoms with Gasteiger partial charge in [0.2, 0.25) is 5.90 Å². The van der Waals surface area contributed by atoms with Gasteiger partial charge >= 0.3 is 0 Å². The van der Waals surface area contributed by atoms with Crippen molar-refractivity contribution in [2.75, 3.05) is 26.6 Å².